The number of benzene rings is 1. The minimum absolute atomic E-state index is 0.0907. The second-order valence-electron chi connectivity index (χ2n) is 4.17. The SMILES string of the molecule is O=C(CNC1CCC1)c1cc(O)cc(O)c1. The number of rotatable bonds is 4. The fourth-order valence-electron chi connectivity index (χ4n) is 1.71. The van der Waals surface area contributed by atoms with E-state index in [1.165, 1.54) is 24.6 Å². The van der Waals surface area contributed by atoms with Gasteiger partial charge in [0.25, 0.3) is 0 Å². The van der Waals surface area contributed by atoms with Crippen molar-refractivity contribution in [3.63, 3.8) is 0 Å². The van der Waals surface area contributed by atoms with Gasteiger partial charge in [-0.3, -0.25) is 4.79 Å². The van der Waals surface area contributed by atoms with E-state index in [9.17, 15) is 15.0 Å². The zero-order valence-electron chi connectivity index (χ0n) is 8.94. The molecule has 4 nitrogen and oxygen atoms in total. The van der Waals surface area contributed by atoms with Crippen LogP contribution in [0.15, 0.2) is 18.2 Å². The fourth-order valence-corrected chi connectivity index (χ4v) is 1.71. The molecule has 0 aliphatic heterocycles. The summed E-state index contributed by atoms with van der Waals surface area (Å²) in [6, 6.07) is 4.39. The molecule has 2 rings (SSSR count). The van der Waals surface area contributed by atoms with Crippen molar-refractivity contribution in [1.29, 1.82) is 0 Å². The number of carbonyl (C=O) groups is 1. The lowest BCUT2D eigenvalue weighted by Crippen LogP contribution is -2.38. The maximum atomic E-state index is 11.7. The Morgan fingerprint density at radius 3 is 2.38 bits per heavy atom. The Morgan fingerprint density at radius 2 is 1.88 bits per heavy atom. The second-order valence-corrected chi connectivity index (χ2v) is 4.17. The van der Waals surface area contributed by atoms with Crippen LogP contribution in [0.2, 0.25) is 0 Å². The van der Waals surface area contributed by atoms with Crippen LogP contribution in [-0.4, -0.2) is 28.6 Å². The smallest absolute Gasteiger partial charge is 0.176 e. The van der Waals surface area contributed by atoms with Crippen molar-refractivity contribution in [1.82, 2.24) is 5.32 Å². The first-order valence-electron chi connectivity index (χ1n) is 5.45. The normalized spacial score (nSPS) is 15.8. The zero-order chi connectivity index (χ0) is 11.5. The van der Waals surface area contributed by atoms with E-state index < -0.39 is 0 Å². The molecule has 0 radical (unpaired) electrons. The summed E-state index contributed by atoms with van der Waals surface area (Å²) >= 11 is 0. The van der Waals surface area contributed by atoms with Crippen LogP contribution < -0.4 is 5.32 Å². The highest BCUT2D eigenvalue weighted by Crippen LogP contribution is 2.21. The molecule has 16 heavy (non-hydrogen) atoms. The van der Waals surface area contributed by atoms with Crippen LogP contribution in [0, 0.1) is 0 Å². The van der Waals surface area contributed by atoms with Crippen molar-refractivity contribution < 1.29 is 15.0 Å². The highest BCUT2D eigenvalue weighted by atomic mass is 16.3. The first kappa shape index (κ1) is 11.0. The summed E-state index contributed by atoms with van der Waals surface area (Å²) in [5, 5.41) is 21.6. The molecule has 1 aromatic rings. The van der Waals surface area contributed by atoms with Gasteiger partial charge in [-0.25, -0.2) is 0 Å². The molecule has 0 bridgehead atoms. The Hall–Kier alpha value is -1.55. The maximum absolute atomic E-state index is 11.7. The van der Waals surface area contributed by atoms with Gasteiger partial charge in [0.15, 0.2) is 5.78 Å². The molecule has 1 aliphatic rings. The lowest BCUT2D eigenvalue weighted by Gasteiger charge is -2.26. The van der Waals surface area contributed by atoms with Crippen molar-refractivity contribution in [2.45, 2.75) is 25.3 Å². The van der Waals surface area contributed by atoms with E-state index in [1.54, 1.807) is 0 Å². The summed E-state index contributed by atoms with van der Waals surface area (Å²) < 4.78 is 0. The van der Waals surface area contributed by atoms with E-state index in [4.69, 9.17) is 0 Å². The van der Waals surface area contributed by atoms with E-state index in [0.29, 0.717) is 11.6 Å². The maximum Gasteiger partial charge on any atom is 0.176 e. The molecule has 1 aromatic carbocycles. The molecule has 0 amide bonds. The van der Waals surface area contributed by atoms with E-state index in [1.807, 2.05) is 0 Å². The number of nitrogens with one attached hydrogen (secondary N) is 1. The average molecular weight is 221 g/mol. The van der Waals surface area contributed by atoms with Gasteiger partial charge >= 0.3 is 0 Å². The summed E-state index contributed by atoms with van der Waals surface area (Å²) in [6.45, 7) is 0.258. The molecule has 0 atom stereocenters. The standard InChI is InChI=1S/C12H15NO3/c14-10-4-8(5-11(15)6-10)12(16)7-13-9-2-1-3-9/h4-6,9,13-15H,1-3,7H2. The van der Waals surface area contributed by atoms with Crippen molar-refractivity contribution >= 4 is 5.78 Å². The second kappa shape index (κ2) is 4.53. The van der Waals surface area contributed by atoms with Crippen LogP contribution in [0.1, 0.15) is 29.6 Å². The molecule has 0 unspecified atom stereocenters. The van der Waals surface area contributed by atoms with Gasteiger partial charge in [-0.15, -0.1) is 0 Å². The molecular weight excluding hydrogens is 206 g/mol. The summed E-state index contributed by atoms with van der Waals surface area (Å²) in [7, 11) is 0. The third kappa shape index (κ3) is 2.52. The van der Waals surface area contributed by atoms with Crippen LogP contribution in [0.4, 0.5) is 0 Å². The van der Waals surface area contributed by atoms with Gasteiger partial charge in [0.1, 0.15) is 11.5 Å². The van der Waals surface area contributed by atoms with Crippen molar-refractivity contribution in [3.05, 3.63) is 23.8 Å². The molecule has 0 spiro atoms. The zero-order valence-corrected chi connectivity index (χ0v) is 8.94. The minimum atomic E-state index is -0.113. The lowest BCUT2D eigenvalue weighted by molar-refractivity contribution is 0.0981. The Morgan fingerprint density at radius 1 is 1.25 bits per heavy atom. The molecule has 1 saturated carbocycles. The topological polar surface area (TPSA) is 69.6 Å². The lowest BCUT2D eigenvalue weighted by atomic mass is 9.93. The van der Waals surface area contributed by atoms with Crippen molar-refractivity contribution in [2.75, 3.05) is 6.54 Å². The first-order chi connectivity index (χ1) is 7.65. The largest absolute Gasteiger partial charge is 0.508 e. The Labute approximate surface area is 93.9 Å². The van der Waals surface area contributed by atoms with E-state index in [2.05, 4.69) is 5.32 Å². The number of hydrogen-bond acceptors (Lipinski definition) is 4. The van der Waals surface area contributed by atoms with Gasteiger partial charge in [-0.2, -0.15) is 0 Å². The van der Waals surface area contributed by atoms with E-state index in [0.717, 1.165) is 12.8 Å². The Bertz CT molecular complexity index is 379. The third-order valence-corrected chi connectivity index (χ3v) is 2.88. The Balaban J connectivity index is 1.96. The van der Waals surface area contributed by atoms with Gasteiger partial charge in [0.2, 0.25) is 0 Å². The molecule has 0 heterocycles. The predicted octanol–water partition coefficient (Wildman–Crippen LogP) is 1.42. The summed E-state index contributed by atoms with van der Waals surface area (Å²) in [4.78, 5) is 11.7. The number of phenolic OH excluding ortho intramolecular Hbond substituents is 2. The number of carbonyl (C=O) groups excluding carboxylic acids is 1. The molecule has 0 saturated heterocycles. The van der Waals surface area contributed by atoms with Gasteiger partial charge in [0, 0.05) is 17.7 Å². The van der Waals surface area contributed by atoms with Crippen molar-refractivity contribution in [2.24, 2.45) is 0 Å². The number of hydrogen-bond donors (Lipinski definition) is 3. The van der Waals surface area contributed by atoms with E-state index in [-0.39, 0.29) is 23.8 Å². The molecule has 1 aliphatic carbocycles. The van der Waals surface area contributed by atoms with Gasteiger partial charge in [-0.05, 0) is 25.0 Å². The highest BCUT2D eigenvalue weighted by molar-refractivity contribution is 5.98. The predicted molar refractivity (Wildman–Crippen MR) is 59.7 cm³/mol. The average Bonchev–Trinajstić information content (AvgIpc) is 2.13. The van der Waals surface area contributed by atoms with Crippen LogP contribution in [0.5, 0.6) is 11.5 Å². The monoisotopic (exact) mass is 221 g/mol. The van der Waals surface area contributed by atoms with Crippen LogP contribution in [-0.2, 0) is 0 Å². The quantitative estimate of drug-likeness (QED) is 0.672. The third-order valence-electron chi connectivity index (χ3n) is 2.88. The van der Waals surface area contributed by atoms with Gasteiger partial charge in [-0.1, -0.05) is 6.42 Å². The molecule has 0 aromatic heterocycles. The van der Waals surface area contributed by atoms with Crippen LogP contribution in [0.3, 0.4) is 0 Å². The molecule has 4 heteroatoms. The van der Waals surface area contributed by atoms with Gasteiger partial charge in [0.05, 0.1) is 6.54 Å². The van der Waals surface area contributed by atoms with E-state index >= 15 is 0 Å². The summed E-state index contributed by atoms with van der Waals surface area (Å²) in [5.41, 5.74) is 0.337. The van der Waals surface area contributed by atoms with Gasteiger partial charge < -0.3 is 15.5 Å². The Kier molecular flexibility index (Phi) is 3.10. The first-order valence-corrected chi connectivity index (χ1v) is 5.45. The number of phenols is 2. The molecule has 1 fully saturated rings. The number of aromatic hydroxyl groups is 2. The molecule has 3 N–H and O–H groups in total. The minimum Gasteiger partial charge on any atom is -0.508 e. The summed E-state index contributed by atoms with van der Waals surface area (Å²) in [5.74, 6) is -0.294. The van der Waals surface area contributed by atoms with Crippen LogP contribution >= 0.6 is 0 Å². The van der Waals surface area contributed by atoms with Crippen molar-refractivity contribution in [3.8, 4) is 11.5 Å². The molecule has 86 valence electrons. The van der Waals surface area contributed by atoms with Crippen LogP contribution in [0.25, 0.3) is 0 Å². The summed E-state index contributed by atoms with van der Waals surface area (Å²) in [6.07, 6.45) is 3.47. The number of Topliss-reactive ketones (excluding diaryl/α,β-unsaturated/α-hetero) is 1. The highest BCUT2D eigenvalue weighted by Gasteiger charge is 2.18. The molecular formula is C12H15NO3. The fraction of sp³-hybridized carbons (Fsp3) is 0.417. The number of ketones is 1.